The lowest BCUT2D eigenvalue weighted by Gasteiger charge is -2.40. The monoisotopic (exact) mass is 230 g/mol. The molecule has 16 heavy (non-hydrogen) atoms. The van der Waals surface area contributed by atoms with Gasteiger partial charge in [0.05, 0.1) is 12.7 Å². The van der Waals surface area contributed by atoms with Gasteiger partial charge >= 0.3 is 0 Å². The Balaban J connectivity index is 2.58. The van der Waals surface area contributed by atoms with Crippen molar-refractivity contribution in [3.63, 3.8) is 0 Å². The highest BCUT2D eigenvalue weighted by Gasteiger charge is 2.30. The van der Waals surface area contributed by atoms with Crippen molar-refractivity contribution in [2.75, 3.05) is 26.8 Å². The lowest BCUT2D eigenvalue weighted by molar-refractivity contribution is -0.00625. The van der Waals surface area contributed by atoms with Gasteiger partial charge in [-0.1, -0.05) is 13.8 Å². The molecule has 4 heteroatoms. The van der Waals surface area contributed by atoms with Gasteiger partial charge in [-0.05, 0) is 25.3 Å². The molecule has 0 aliphatic carbocycles. The lowest BCUT2D eigenvalue weighted by Crippen LogP contribution is -2.56. The number of hydrogen-bond acceptors (Lipinski definition) is 4. The molecule has 0 saturated carbocycles. The van der Waals surface area contributed by atoms with Crippen LogP contribution < -0.4 is 5.73 Å². The van der Waals surface area contributed by atoms with Crippen molar-refractivity contribution in [2.45, 2.75) is 44.9 Å². The minimum Gasteiger partial charge on any atom is -0.395 e. The number of nitrogens with two attached hydrogens (primary N) is 1. The molecule has 3 atom stereocenters. The fourth-order valence-electron chi connectivity index (χ4n) is 2.38. The second kappa shape index (κ2) is 6.55. The molecule has 0 aromatic carbocycles. The Kier molecular flexibility index (Phi) is 5.69. The van der Waals surface area contributed by atoms with E-state index in [0.717, 1.165) is 25.9 Å². The summed E-state index contributed by atoms with van der Waals surface area (Å²) < 4.78 is 5.39. The average molecular weight is 230 g/mol. The van der Waals surface area contributed by atoms with Crippen LogP contribution in [0.4, 0.5) is 0 Å². The van der Waals surface area contributed by atoms with E-state index in [9.17, 15) is 5.11 Å². The van der Waals surface area contributed by atoms with Gasteiger partial charge in [-0.2, -0.15) is 0 Å². The van der Waals surface area contributed by atoms with E-state index in [0.29, 0.717) is 12.0 Å². The Morgan fingerprint density at radius 3 is 2.69 bits per heavy atom. The standard InChI is InChI=1S/C12H26N2O2/c1-9(2)12(13)11(8-15)14-6-4-5-10(7-14)16-3/h9-12,15H,4-8,13H2,1-3H3. The quantitative estimate of drug-likeness (QED) is 0.719. The summed E-state index contributed by atoms with van der Waals surface area (Å²) in [5.41, 5.74) is 6.15. The minimum atomic E-state index is 0.0283. The fraction of sp³-hybridized carbons (Fsp3) is 1.00. The molecule has 1 aliphatic rings. The molecule has 3 N–H and O–H groups in total. The van der Waals surface area contributed by atoms with Crippen LogP contribution in [0.1, 0.15) is 26.7 Å². The molecule has 3 unspecified atom stereocenters. The number of aliphatic hydroxyl groups is 1. The first-order valence-electron chi connectivity index (χ1n) is 6.23. The highest BCUT2D eigenvalue weighted by atomic mass is 16.5. The minimum absolute atomic E-state index is 0.0283. The van der Waals surface area contributed by atoms with Crippen molar-refractivity contribution in [3.8, 4) is 0 Å². The van der Waals surface area contributed by atoms with Gasteiger partial charge in [0.15, 0.2) is 0 Å². The Hall–Kier alpha value is -0.160. The van der Waals surface area contributed by atoms with E-state index in [1.807, 2.05) is 0 Å². The zero-order valence-electron chi connectivity index (χ0n) is 10.7. The van der Waals surface area contributed by atoms with Crippen LogP contribution in [0.15, 0.2) is 0 Å². The first kappa shape index (κ1) is 13.9. The molecule has 1 aliphatic heterocycles. The van der Waals surface area contributed by atoms with Crippen LogP contribution in [0.5, 0.6) is 0 Å². The van der Waals surface area contributed by atoms with E-state index in [2.05, 4.69) is 18.7 Å². The van der Waals surface area contributed by atoms with E-state index < -0.39 is 0 Å². The maximum Gasteiger partial charge on any atom is 0.0698 e. The first-order chi connectivity index (χ1) is 7.60. The van der Waals surface area contributed by atoms with E-state index in [1.165, 1.54) is 0 Å². The van der Waals surface area contributed by atoms with Gasteiger partial charge in [0, 0.05) is 25.7 Å². The Morgan fingerprint density at radius 1 is 1.50 bits per heavy atom. The molecule has 0 radical (unpaired) electrons. The average Bonchev–Trinajstić information content (AvgIpc) is 2.30. The van der Waals surface area contributed by atoms with Gasteiger partial charge in [0.25, 0.3) is 0 Å². The third-order valence-electron chi connectivity index (χ3n) is 3.61. The van der Waals surface area contributed by atoms with Gasteiger partial charge in [-0.15, -0.1) is 0 Å². The molecule has 0 spiro atoms. The molecule has 1 heterocycles. The highest BCUT2D eigenvalue weighted by molar-refractivity contribution is 4.87. The Bertz CT molecular complexity index is 199. The molecule has 1 rings (SSSR count). The van der Waals surface area contributed by atoms with Crippen LogP contribution in [-0.4, -0.2) is 55.0 Å². The zero-order chi connectivity index (χ0) is 12.1. The van der Waals surface area contributed by atoms with Crippen molar-refractivity contribution in [3.05, 3.63) is 0 Å². The number of hydrogen-bond donors (Lipinski definition) is 2. The van der Waals surface area contributed by atoms with E-state index in [-0.39, 0.29) is 18.7 Å². The van der Waals surface area contributed by atoms with Gasteiger partial charge in [-0.25, -0.2) is 0 Å². The number of likely N-dealkylation sites (tertiary alicyclic amines) is 1. The molecule has 0 aromatic heterocycles. The molecule has 0 aromatic rings. The summed E-state index contributed by atoms with van der Waals surface area (Å²) in [6.07, 6.45) is 2.53. The van der Waals surface area contributed by atoms with Crippen LogP contribution in [-0.2, 0) is 4.74 Å². The summed E-state index contributed by atoms with van der Waals surface area (Å²) in [5, 5.41) is 9.49. The molecule has 0 amide bonds. The van der Waals surface area contributed by atoms with Crippen LogP contribution in [0.25, 0.3) is 0 Å². The molecule has 1 fully saturated rings. The summed E-state index contributed by atoms with van der Waals surface area (Å²) in [7, 11) is 1.75. The summed E-state index contributed by atoms with van der Waals surface area (Å²) in [4.78, 5) is 2.28. The summed E-state index contributed by atoms with van der Waals surface area (Å²) in [6, 6.07) is 0.0959. The van der Waals surface area contributed by atoms with E-state index in [4.69, 9.17) is 10.5 Å². The smallest absolute Gasteiger partial charge is 0.0698 e. The number of aliphatic hydroxyl groups excluding tert-OH is 1. The van der Waals surface area contributed by atoms with E-state index in [1.54, 1.807) is 7.11 Å². The lowest BCUT2D eigenvalue weighted by atomic mass is 9.94. The zero-order valence-corrected chi connectivity index (χ0v) is 10.7. The molecular formula is C12H26N2O2. The van der Waals surface area contributed by atoms with Crippen LogP contribution in [0, 0.1) is 5.92 Å². The van der Waals surface area contributed by atoms with Gasteiger partial charge < -0.3 is 15.6 Å². The third kappa shape index (κ3) is 3.42. The normalized spacial score (nSPS) is 27.0. The maximum atomic E-state index is 9.49. The number of ether oxygens (including phenoxy) is 1. The number of methoxy groups -OCH3 is 1. The van der Waals surface area contributed by atoms with E-state index >= 15 is 0 Å². The predicted molar refractivity (Wildman–Crippen MR) is 65.3 cm³/mol. The molecule has 0 bridgehead atoms. The van der Waals surface area contributed by atoms with Gasteiger partial charge in [0.1, 0.15) is 0 Å². The van der Waals surface area contributed by atoms with Crippen LogP contribution >= 0.6 is 0 Å². The van der Waals surface area contributed by atoms with Crippen molar-refractivity contribution in [2.24, 2.45) is 11.7 Å². The van der Waals surface area contributed by atoms with Crippen molar-refractivity contribution >= 4 is 0 Å². The van der Waals surface area contributed by atoms with Crippen LogP contribution in [0.3, 0.4) is 0 Å². The predicted octanol–water partition coefficient (Wildman–Crippen LogP) is 0.441. The first-order valence-corrected chi connectivity index (χ1v) is 6.23. The maximum absolute atomic E-state index is 9.49. The third-order valence-corrected chi connectivity index (χ3v) is 3.61. The van der Waals surface area contributed by atoms with Crippen LogP contribution in [0.2, 0.25) is 0 Å². The molecule has 4 nitrogen and oxygen atoms in total. The number of rotatable bonds is 5. The van der Waals surface area contributed by atoms with Crippen molar-refractivity contribution < 1.29 is 9.84 Å². The number of piperidine rings is 1. The molecular weight excluding hydrogens is 204 g/mol. The highest BCUT2D eigenvalue weighted by Crippen LogP contribution is 2.18. The summed E-state index contributed by atoms with van der Waals surface area (Å²) in [5.74, 6) is 0.389. The van der Waals surface area contributed by atoms with Crippen molar-refractivity contribution in [1.82, 2.24) is 4.90 Å². The van der Waals surface area contributed by atoms with Gasteiger partial charge in [0.2, 0.25) is 0 Å². The van der Waals surface area contributed by atoms with Crippen molar-refractivity contribution in [1.29, 1.82) is 0 Å². The molecule has 96 valence electrons. The Labute approximate surface area is 98.8 Å². The largest absolute Gasteiger partial charge is 0.395 e. The summed E-state index contributed by atoms with van der Waals surface area (Å²) >= 11 is 0. The second-order valence-electron chi connectivity index (χ2n) is 5.07. The fourth-order valence-corrected chi connectivity index (χ4v) is 2.38. The topological polar surface area (TPSA) is 58.7 Å². The second-order valence-corrected chi connectivity index (χ2v) is 5.07. The molecule has 1 saturated heterocycles. The SMILES string of the molecule is COC1CCCN(C(CO)C(N)C(C)C)C1. The van der Waals surface area contributed by atoms with Gasteiger partial charge in [-0.3, -0.25) is 4.90 Å². The Morgan fingerprint density at radius 2 is 2.19 bits per heavy atom. The number of nitrogens with zero attached hydrogens (tertiary/aromatic N) is 1. The summed E-state index contributed by atoms with van der Waals surface area (Å²) in [6.45, 7) is 6.25.